The molecule has 2 aromatic rings. The van der Waals surface area contributed by atoms with Gasteiger partial charge in [-0.1, -0.05) is 13.8 Å². The molecule has 5 heterocycles. The zero-order valence-corrected chi connectivity index (χ0v) is 15.6. The number of piperidine rings is 1. The number of hydrogen-bond acceptors (Lipinski definition) is 5. The smallest absolute Gasteiger partial charge is 0.274 e. The highest BCUT2D eigenvalue weighted by Gasteiger charge is 2.38. The molecule has 0 radical (unpaired) electrons. The van der Waals surface area contributed by atoms with Crippen LogP contribution < -0.4 is 0 Å². The molecular weight excluding hydrogens is 334 g/mol. The summed E-state index contributed by atoms with van der Waals surface area (Å²) >= 11 is 1.64. The van der Waals surface area contributed by atoms with Crippen LogP contribution in [-0.4, -0.2) is 56.6 Å². The number of fused-ring (bicyclic) bond motifs is 4. The fraction of sp³-hybridized carbons (Fsp3) is 0.611. The lowest BCUT2D eigenvalue weighted by Gasteiger charge is -2.35. The number of aromatic nitrogens is 3. The third-order valence-electron chi connectivity index (χ3n) is 5.36. The van der Waals surface area contributed by atoms with Crippen molar-refractivity contribution in [1.82, 2.24) is 25.0 Å². The second-order valence-electron chi connectivity index (χ2n) is 7.59. The fourth-order valence-corrected chi connectivity index (χ4v) is 4.54. The topological polar surface area (TPSA) is 65.1 Å². The Balaban J connectivity index is 1.48. The molecule has 2 aromatic heterocycles. The van der Waals surface area contributed by atoms with Crippen molar-refractivity contribution in [1.29, 1.82) is 0 Å². The van der Waals surface area contributed by atoms with Gasteiger partial charge in [0.15, 0.2) is 0 Å². The van der Waals surface area contributed by atoms with Gasteiger partial charge in [0.05, 0.1) is 11.2 Å². The largest absolute Gasteiger partial charge is 0.333 e. The molecule has 0 saturated carbocycles. The van der Waals surface area contributed by atoms with Crippen LogP contribution in [0.4, 0.5) is 0 Å². The average molecular weight is 359 g/mol. The van der Waals surface area contributed by atoms with Crippen molar-refractivity contribution in [3.8, 4) is 0 Å². The van der Waals surface area contributed by atoms with Gasteiger partial charge in [-0.2, -0.15) is 5.10 Å². The maximum atomic E-state index is 13.0. The first kappa shape index (κ1) is 16.7. The third kappa shape index (κ3) is 3.48. The number of nitrogens with zero attached hydrogens (tertiary/aromatic N) is 4. The van der Waals surface area contributed by atoms with Gasteiger partial charge < -0.3 is 4.90 Å². The van der Waals surface area contributed by atoms with Gasteiger partial charge in [0, 0.05) is 43.3 Å². The van der Waals surface area contributed by atoms with E-state index in [1.54, 1.807) is 11.3 Å². The highest BCUT2D eigenvalue weighted by atomic mass is 32.1. The summed E-state index contributed by atoms with van der Waals surface area (Å²) in [5, 5.41) is 9.39. The SMILES string of the molecule is CC(C)c1cc(C(=O)N2C[C@H]3CC[C@@H]2CN(Cc2cscn2)C3)n[nH]1. The minimum Gasteiger partial charge on any atom is -0.333 e. The molecule has 0 unspecified atom stereocenters. The van der Waals surface area contributed by atoms with Crippen molar-refractivity contribution in [2.24, 2.45) is 5.92 Å². The number of carbonyl (C=O) groups is 1. The monoisotopic (exact) mass is 359 g/mol. The Morgan fingerprint density at radius 1 is 1.36 bits per heavy atom. The van der Waals surface area contributed by atoms with E-state index in [1.165, 1.54) is 6.42 Å². The Morgan fingerprint density at radius 2 is 2.24 bits per heavy atom. The van der Waals surface area contributed by atoms with Crippen LogP contribution in [0.3, 0.4) is 0 Å². The molecule has 0 aliphatic carbocycles. The molecule has 2 bridgehead atoms. The summed E-state index contributed by atoms with van der Waals surface area (Å²) in [6.45, 7) is 7.92. The number of hydrogen-bond donors (Lipinski definition) is 1. The normalized spacial score (nSPS) is 24.0. The molecule has 5 rings (SSSR count). The maximum Gasteiger partial charge on any atom is 0.274 e. The summed E-state index contributed by atoms with van der Waals surface area (Å²) in [4.78, 5) is 22.0. The second-order valence-corrected chi connectivity index (χ2v) is 8.31. The van der Waals surface area contributed by atoms with Crippen LogP contribution in [-0.2, 0) is 6.54 Å². The van der Waals surface area contributed by atoms with Gasteiger partial charge in [0.2, 0.25) is 0 Å². The van der Waals surface area contributed by atoms with E-state index in [2.05, 4.69) is 44.2 Å². The Labute approximate surface area is 152 Å². The van der Waals surface area contributed by atoms with Crippen LogP contribution in [0.5, 0.6) is 0 Å². The molecule has 25 heavy (non-hydrogen) atoms. The Bertz CT molecular complexity index is 726. The molecule has 6 nitrogen and oxygen atoms in total. The van der Waals surface area contributed by atoms with E-state index in [9.17, 15) is 4.79 Å². The molecule has 2 atom stereocenters. The van der Waals surface area contributed by atoms with E-state index in [0.29, 0.717) is 17.5 Å². The highest BCUT2D eigenvalue weighted by molar-refractivity contribution is 7.07. The lowest BCUT2D eigenvalue weighted by atomic mass is 9.94. The summed E-state index contributed by atoms with van der Waals surface area (Å²) in [7, 11) is 0. The second kappa shape index (κ2) is 6.88. The van der Waals surface area contributed by atoms with Gasteiger partial charge in [-0.15, -0.1) is 11.3 Å². The molecule has 0 aromatic carbocycles. The lowest BCUT2D eigenvalue weighted by Crippen LogP contribution is -2.47. The number of aromatic amines is 1. The molecule has 3 aliphatic rings. The van der Waals surface area contributed by atoms with Crippen LogP contribution in [0, 0.1) is 5.92 Å². The predicted octanol–water partition coefficient (Wildman–Crippen LogP) is 2.73. The standard InChI is InChI=1S/C18H25N5OS/c1-12(2)16-5-17(21-20-16)18(24)23-7-13-3-4-15(23)9-22(6-13)8-14-10-25-11-19-14/h5,10-13,15H,3-4,6-9H2,1-2H3,(H,20,21)/t13-,15+/m0/s1. The zero-order chi connectivity index (χ0) is 17.4. The van der Waals surface area contributed by atoms with Crippen LogP contribution in [0.1, 0.15) is 54.5 Å². The summed E-state index contributed by atoms with van der Waals surface area (Å²) in [5.74, 6) is 0.974. The van der Waals surface area contributed by atoms with Gasteiger partial charge in [-0.3, -0.25) is 14.8 Å². The first-order valence-electron chi connectivity index (χ1n) is 9.06. The Hall–Kier alpha value is -1.73. The van der Waals surface area contributed by atoms with Crippen LogP contribution >= 0.6 is 11.3 Å². The van der Waals surface area contributed by atoms with Crippen molar-refractivity contribution in [2.45, 2.75) is 45.2 Å². The number of thiazole rings is 1. The van der Waals surface area contributed by atoms with E-state index < -0.39 is 0 Å². The zero-order valence-electron chi connectivity index (χ0n) is 14.8. The lowest BCUT2D eigenvalue weighted by molar-refractivity contribution is 0.0578. The third-order valence-corrected chi connectivity index (χ3v) is 5.99. The molecule has 0 spiro atoms. The molecule has 3 aliphatic heterocycles. The van der Waals surface area contributed by atoms with E-state index in [-0.39, 0.29) is 11.9 Å². The van der Waals surface area contributed by atoms with Crippen LogP contribution in [0.25, 0.3) is 0 Å². The van der Waals surface area contributed by atoms with Crippen molar-refractivity contribution >= 4 is 17.2 Å². The van der Waals surface area contributed by atoms with Gasteiger partial charge in [-0.25, -0.2) is 4.98 Å². The van der Waals surface area contributed by atoms with Crippen molar-refractivity contribution < 1.29 is 4.79 Å². The molecule has 1 amide bonds. The van der Waals surface area contributed by atoms with Gasteiger partial charge >= 0.3 is 0 Å². The number of H-pyrrole nitrogens is 1. The summed E-state index contributed by atoms with van der Waals surface area (Å²) in [6, 6.07) is 2.20. The minimum absolute atomic E-state index is 0.0772. The predicted molar refractivity (Wildman–Crippen MR) is 97.6 cm³/mol. The fourth-order valence-electron chi connectivity index (χ4n) is 3.99. The number of nitrogens with one attached hydrogen (secondary N) is 1. The van der Waals surface area contributed by atoms with Crippen LogP contribution in [0.15, 0.2) is 17.0 Å². The Kier molecular flexibility index (Phi) is 4.60. The molecule has 3 fully saturated rings. The molecular formula is C18H25N5OS. The van der Waals surface area contributed by atoms with Crippen LogP contribution in [0.2, 0.25) is 0 Å². The quantitative estimate of drug-likeness (QED) is 0.912. The first-order chi connectivity index (χ1) is 12.1. The summed E-state index contributed by atoms with van der Waals surface area (Å²) < 4.78 is 0. The number of amides is 1. The van der Waals surface area contributed by atoms with Crippen molar-refractivity contribution in [3.05, 3.63) is 34.0 Å². The number of carbonyl (C=O) groups excluding carboxylic acids is 1. The first-order valence-corrected chi connectivity index (χ1v) is 10.00. The summed E-state index contributed by atoms with van der Waals surface area (Å²) in [5.41, 5.74) is 4.61. The Morgan fingerprint density at radius 3 is 2.96 bits per heavy atom. The molecule has 134 valence electrons. The maximum absolute atomic E-state index is 13.0. The minimum atomic E-state index is 0.0772. The molecule has 3 saturated heterocycles. The van der Waals surface area contributed by atoms with Gasteiger partial charge in [-0.05, 0) is 30.7 Å². The highest BCUT2D eigenvalue weighted by Crippen LogP contribution is 2.30. The summed E-state index contributed by atoms with van der Waals surface area (Å²) in [6.07, 6.45) is 2.30. The van der Waals surface area contributed by atoms with Gasteiger partial charge in [0.1, 0.15) is 5.69 Å². The number of rotatable bonds is 4. The van der Waals surface area contributed by atoms with E-state index in [1.807, 2.05) is 11.6 Å². The average Bonchev–Trinajstić information content (AvgIpc) is 3.20. The molecule has 7 heteroatoms. The van der Waals surface area contributed by atoms with Gasteiger partial charge in [0.25, 0.3) is 5.91 Å². The van der Waals surface area contributed by atoms with E-state index in [4.69, 9.17) is 0 Å². The molecule has 1 N–H and O–H groups in total. The van der Waals surface area contributed by atoms with E-state index >= 15 is 0 Å². The van der Waals surface area contributed by atoms with Crippen molar-refractivity contribution in [2.75, 3.05) is 19.6 Å². The van der Waals surface area contributed by atoms with E-state index in [0.717, 1.165) is 44.0 Å². The van der Waals surface area contributed by atoms with Crippen molar-refractivity contribution in [3.63, 3.8) is 0 Å².